The zero-order valence-electron chi connectivity index (χ0n) is 15.8. The van der Waals surface area contributed by atoms with E-state index in [1.165, 1.54) is 18.2 Å². The number of carbonyl (C=O) groups excluding carboxylic acids is 1. The summed E-state index contributed by atoms with van der Waals surface area (Å²) >= 11 is 0. The average molecular weight is 399 g/mol. The molecular weight excluding hydrogens is 378 g/mol. The van der Waals surface area contributed by atoms with Gasteiger partial charge in [-0.15, -0.1) is 0 Å². The molecule has 0 saturated carbocycles. The van der Waals surface area contributed by atoms with E-state index in [1.807, 2.05) is 13.0 Å². The summed E-state index contributed by atoms with van der Waals surface area (Å²) in [6.07, 6.45) is 1.10. The highest BCUT2D eigenvalue weighted by molar-refractivity contribution is 7.90. The third kappa shape index (κ3) is 3.66. The minimum atomic E-state index is -3.57. The molecule has 3 rings (SSSR count). The minimum absolute atomic E-state index is 0.0356. The van der Waals surface area contributed by atoms with Crippen molar-refractivity contribution in [3.8, 4) is 22.7 Å². The molecule has 3 aromatic rings. The van der Waals surface area contributed by atoms with Crippen molar-refractivity contribution in [3.05, 3.63) is 65.9 Å². The van der Waals surface area contributed by atoms with Gasteiger partial charge in [0, 0.05) is 17.6 Å². The molecule has 6 nitrogen and oxygen atoms in total. The number of rotatable bonds is 5. The van der Waals surface area contributed by atoms with Crippen molar-refractivity contribution in [2.45, 2.75) is 18.7 Å². The van der Waals surface area contributed by atoms with Crippen molar-refractivity contribution in [2.75, 3.05) is 12.9 Å². The molecule has 28 heavy (non-hydrogen) atoms. The number of hydrogen-bond donors (Lipinski definition) is 1. The van der Waals surface area contributed by atoms with Gasteiger partial charge in [0.15, 0.2) is 9.84 Å². The number of benzene rings is 2. The average Bonchev–Trinajstić information content (AvgIpc) is 3.02. The summed E-state index contributed by atoms with van der Waals surface area (Å²) in [7, 11) is -3.57. The maximum atomic E-state index is 12.3. The van der Waals surface area contributed by atoms with Gasteiger partial charge in [-0.2, -0.15) is 0 Å². The van der Waals surface area contributed by atoms with Gasteiger partial charge in [0.05, 0.1) is 28.3 Å². The molecular formula is C21H21NO5S. The van der Waals surface area contributed by atoms with Crippen LogP contribution in [-0.2, 0) is 14.6 Å². The van der Waals surface area contributed by atoms with Crippen LogP contribution in [0.5, 0.6) is 5.75 Å². The molecule has 0 amide bonds. The van der Waals surface area contributed by atoms with Crippen molar-refractivity contribution >= 4 is 15.8 Å². The first-order chi connectivity index (χ1) is 13.2. The minimum Gasteiger partial charge on any atom is -0.507 e. The quantitative estimate of drug-likeness (QED) is 0.661. The normalized spacial score (nSPS) is 11.4. The van der Waals surface area contributed by atoms with Gasteiger partial charge >= 0.3 is 5.97 Å². The van der Waals surface area contributed by atoms with Gasteiger partial charge in [0.1, 0.15) is 5.75 Å². The van der Waals surface area contributed by atoms with E-state index >= 15 is 0 Å². The molecule has 1 heterocycles. The number of aromatic hydroxyl groups is 1. The van der Waals surface area contributed by atoms with Crippen LogP contribution in [0.2, 0.25) is 0 Å². The molecule has 1 aromatic heterocycles. The lowest BCUT2D eigenvalue weighted by molar-refractivity contribution is 0.0526. The van der Waals surface area contributed by atoms with E-state index in [1.54, 1.807) is 41.8 Å². The van der Waals surface area contributed by atoms with Crippen LogP contribution in [0.4, 0.5) is 0 Å². The smallest absolute Gasteiger partial charge is 0.338 e. The summed E-state index contributed by atoms with van der Waals surface area (Å²) in [6.45, 7) is 3.87. The molecule has 0 unspecified atom stereocenters. The molecule has 0 bridgehead atoms. The fourth-order valence-electron chi connectivity index (χ4n) is 3.15. The third-order valence-corrected chi connectivity index (χ3v) is 5.49. The predicted molar refractivity (Wildman–Crippen MR) is 107 cm³/mol. The Bertz CT molecular complexity index is 1150. The van der Waals surface area contributed by atoms with Crippen molar-refractivity contribution < 1.29 is 23.1 Å². The summed E-state index contributed by atoms with van der Waals surface area (Å²) in [5, 5.41) is 10.4. The molecule has 1 N–H and O–H groups in total. The van der Waals surface area contributed by atoms with Crippen molar-refractivity contribution in [1.82, 2.24) is 4.57 Å². The van der Waals surface area contributed by atoms with Gasteiger partial charge in [-0.1, -0.05) is 12.1 Å². The highest BCUT2D eigenvalue weighted by Crippen LogP contribution is 2.37. The summed E-state index contributed by atoms with van der Waals surface area (Å²) in [4.78, 5) is 12.1. The van der Waals surface area contributed by atoms with Crippen molar-refractivity contribution in [3.63, 3.8) is 0 Å². The number of phenolic OH excluding ortho intramolecular Hbond substituents is 1. The molecule has 0 fully saturated rings. The van der Waals surface area contributed by atoms with E-state index in [0.29, 0.717) is 16.9 Å². The molecule has 0 aliphatic heterocycles. The maximum Gasteiger partial charge on any atom is 0.338 e. The maximum absolute atomic E-state index is 12.3. The van der Waals surface area contributed by atoms with Crippen LogP contribution in [-0.4, -0.2) is 36.9 Å². The first-order valence-electron chi connectivity index (χ1n) is 8.72. The second-order valence-electron chi connectivity index (χ2n) is 6.39. The van der Waals surface area contributed by atoms with Crippen LogP contribution in [0.25, 0.3) is 16.9 Å². The second-order valence-corrected chi connectivity index (χ2v) is 8.37. The van der Waals surface area contributed by atoms with Crippen molar-refractivity contribution in [1.29, 1.82) is 0 Å². The standard InChI is InChI=1S/C21H21NO5S/c1-4-27-21(24)15-7-5-8-16(13-15)22-14(2)11-12-17(22)20-18(23)9-6-10-19(20)28(3,25)26/h5-13,23H,4H2,1-3H3. The lowest BCUT2D eigenvalue weighted by Gasteiger charge is -2.16. The highest BCUT2D eigenvalue weighted by Gasteiger charge is 2.22. The molecule has 2 aromatic carbocycles. The van der Waals surface area contributed by atoms with Crippen LogP contribution in [0.1, 0.15) is 23.0 Å². The number of nitrogens with zero attached hydrogens (tertiary/aromatic N) is 1. The zero-order valence-corrected chi connectivity index (χ0v) is 16.7. The van der Waals surface area contributed by atoms with Crippen molar-refractivity contribution in [2.24, 2.45) is 0 Å². The van der Waals surface area contributed by atoms with Gasteiger partial charge in [-0.05, 0) is 56.3 Å². The number of aromatic nitrogens is 1. The first kappa shape index (κ1) is 19.7. The summed E-state index contributed by atoms with van der Waals surface area (Å²) in [6, 6.07) is 14.8. The fraction of sp³-hybridized carbons (Fsp3) is 0.190. The van der Waals surface area contributed by atoms with E-state index in [9.17, 15) is 18.3 Å². The Morgan fingerprint density at radius 2 is 1.82 bits per heavy atom. The number of aryl methyl sites for hydroxylation is 1. The Labute approximate surface area is 163 Å². The van der Waals surface area contributed by atoms with Gasteiger partial charge in [-0.3, -0.25) is 0 Å². The van der Waals surface area contributed by atoms with E-state index in [2.05, 4.69) is 0 Å². The van der Waals surface area contributed by atoms with E-state index in [-0.39, 0.29) is 22.8 Å². The number of hydrogen-bond acceptors (Lipinski definition) is 5. The molecule has 0 aliphatic carbocycles. The summed E-state index contributed by atoms with van der Waals surface area (Å²) in [5.74, 6) is -0.570. The third-order valence-electron chi connectivity index (χ3n) is 4.35. The number of sulfone groups is 1. The van der Waals surface area contributed by atoms with Gasteiger partial charge in [0.25, 0.3) is 0 Å². The molecule has 146 valence electrons. The van der Waals surface area contributed by atoms with E-state index < -0.39 is 15.8 Å². The molecule has 0 radical (unpaired) electrons. The monoisotopic (exact) mass is 399 g/mol. The van der Waals surface area contributed by atoms with Gasteiger partial charge in [0.2, 0.25) is 0 Å². The number of phenols is 1. The lowest BCUT2D eigenvalue weighted by atomic mass is 10.1. The Morgan fingerprint density at radius 1 is 1.11 bits per heavy atom. The largest absolute Gasteiger partial charge is 0.507 e. The van der Waals surface area contributed by atoms with Crippen LogP contribution < -0.4 is 0 Å². The molecule has 0 spiro atoms. The predicted octanol–water partition coefficient (Wildman–Crippen LogP) is 3.74. The molecule has 0 saturated heterocycles. The zero-order chi connectivity index (χ0) is 20.5. The lowest BCUT2D eigenvalue weighted by Crippen LogP contribution is -2.07. The number of carbonyl (C=O) groups is 1. The van der Waals surface area contributed by atoms with Crippen LogP contribution in [0, 0.1) is 6.92 Å². The summed E-state index contributed by atoms with van der Waals surface area (Å²) in [5.41, 5.74) is 2.60. The van der Waals surface area contributed by atoms with Crippen LogP contribution in [0.3, 0.4) is 0 Å². The van der Waals surface area contributed by atoms with E-state index in [4.69, 9.17) is 4.74 Å². The number of ether oxygens (including phenoxy) is 1. The van der Waals surface area contributed by atoms with Gasteiger partial charge < -0.3 is 14.4 Å². The Hall–Kier alpha value is -3.06. The molecule has 0 atom stereocenters. The summed E-state index contributed by atoms with van der Waals surface area (Å²) < 4.78 is 31.4. The Morgan fingerprint density at radius 3 is 2.50 bits per heavy atom. The SMILES string of the molecule is CCOC(=O)c1cccc(-n2c(C)ccc2-c2c(O)cccc2S(C)(=O)=O)c1. The highest BCUT2D eigenvalue weighted by atomic mass is 32.2. The Kier molecular flexibility index (Phi) is 5.29. The first-order valence-corrected chi connectivity index (χ1v) is 10.6. The fourth-order valence-corrected chi connectivity index (χ4v) is 4.05. The molecule has 0 aliphatic rings. The second kappa shape index (κ2) is 7.52. The Balaban J connectivity index is 2.24. The topological polar surface area (TPSA) is 85.6 Å². The van der Waals surface area contributed by atoms with Crippen LogP contribution in [0.15, 0.2) is 59.5 Å². The van der Waals surface area contributed by atoms with Gasteiger partial charge in [-0.25, -0.2) is 13.2 Å². The molecule has 7 heteroatoms. The number of esters is 1. The van der Waals surface area contributed by atoms with Crippen LogP contribution >= 0.6 is 0 Å². The van der Waals surface area contributed by atoms with E-state index in [0.717, 1.165) is 11.9 Å².